The van der Waals surface area contributed by atoms with Crippen molar-refractivity contribution in [1.82, 2.24) is 10.2 Å². The lowest BCUT2D eigenvalue weighted by molar-refractivity contribution is 0.0808. The monoisotopic (exact) mass is 238 g/mol. The Kier molecular flexibility index (Phi) is 4.48. The number of hydrogen-bond acceptors (Lipinski definition) is 2. The second kappa shape index (κ2) is 5.71. The van der Waals surface area contributed by atoms with E-state index in [2.05, 4.69) is 31.0 Å². The normalized spacial score (nSPS) is 34.1. The highest BCUT2D eigenvalue weighted by Gasteiger charge is 2.38. The Labute approximate surface area is 107 Å². The number of hydrogen-bond donors (Lipinski definition) is 1. The molecule has 2 atom stereocenters. The highest BCUT2D eigenvalue weighted by atomic mass is 15.2. The molecule has 1 N–H and O–H groups in total. The maximum atomic E-state index is 3.79. The molecule has 1 aliphatic heterocycles. The Morgan fingerprint density at radius 3 is 2.59 bits per heavy atom. The van der Waals surface area contributed by atoms with Crippen LogP contribution in [0.1, 0.15) is 59.3 Å². The van der Waals surface area contributed by atoms with Crippen LogP contribution in [0.5, 0.6) is 0 Å². The Morgan fingerprint density at radius 1 is 1.24 bits per heavy atom. The van der Waals surface area contributed by atoms with Gasteiger partial charge in [0.25, 0.3) is 0 Å². The number of nitrogens with one attached hydrogen (secondary N) is 1. The third kappa shape index (κ3) is 3.45. The van der Waals surface area contributed by atoms with Crippen molar-refractivity contribution in [2.45, 2.75) is 71.4 Å². The van der Waals surface area contributed by atoms with Crippen LogP contribution in [0, 0.1) is 5.41 Å². The van der Waals surface area contributed by atoms with E-state index < -0.39 is 0 Å². The van der Waals surface area contributed by atoms with Gasteiger partial charge < -0.3 is 5.32 Å². The molecular formula is C15H30N2. The molecule has 1 aliphatic carbocycles. The number of rotatable bonds is 4. The van der Waals surface area contributed by atoms with E-state index in [-0.39, 0.29) is 0 Å². The summed E-state index contributed by atoms with van der Waals surface area (Å²) < 4.78 is 0. The second-order valence-corrected chi connectivity index (χ2v) is 6.78. The quantitative estimate of drug-likeness (QED) is 0.810. The molecule has 0 spiro atoms. The minimum absolute atomic E-state index is 0.553. The van der Waals surface area contributed by atoms with Crippen LogP contribution in [0.15, 0.2) is 0 Å². The van der Waals surface area contributed by atoms with Crippen LogP contribution >= 0.6 is 0 Å². The fourth-order valence-corrected chi connectivity index (χ4v) is 3.57. The molecule has 1 heterocycles. The van der Waals surface area contributed by atoms with Crippen molar-refractivity contribution in [1.29, 1.82) is 0 Å². The van der Waals surface area contributed by atoms with Crippen LogP contribution in [0.4, 0.5) is 0 Å². The van der Waals surface area contributed by atoms with Crippen molar-refractivity contribution in [2.75, 3.05) is 19.6 Å². The van der Waals surface area contributed by atoms with Crippen molar-refractivity contribution >= 4 is 0 Å². The topological polar surface area (TPSA) is 15.3 Å². The first-order chi connectivity index (χ1) is 8.12. The number of likely N-dealkylation sites (tertiary alicyclic amines) is 1. The van der Waals surface area contributed by atoms with Gasteiger partial charge in [0.1, 0.15) is 0 Å². The van der Waals surface area contributed by atoms with Gasteiger partial charge in [-0.15, -0.1) is 0 Å². The van der Waals surface area contributed by atoms with Gasteiger partial charge in [0, 0.05) is 12.1 Å². The van der Waals surface area contributed by atoms with Gasteiger partial charge in [-0.05, 0) is 63.6 Å². The van der Waals surface area contributed by atoms with Crippen LogP contribution < -0.4 is 5.32 Å². The molecule has 0 radical (unpaired) electrons. The maximum Gasteiger partial charge on any atom is 0.0254 e. The minimum atomic E-state index is 0.553. The molecule has 1 saturated carbocycles. The van der Waals surface area contributed by atoms with E-state index in [0.717, 1.165) is 12.1 Å². The average Bonchev–Trinajstić information content (AvgIpc) is 2.80. The van der Waals surface area contributed by atoms with Crippen molar-refractivity contribution in [3.63, 3.8) is 0 Å². The van der Waals surface area contributed by atoms with E-state index in [4.69, 9.17) is 0 Å². The lowest BCUT2D eigenvalue weighted by Gasteiger charge is -2.45. The van der Waals surface area contributed by atoms with Gasteiger partial charge >= 0.3 is 0 Å². The second-order valence-electron chi connectivity index (χ2n) is 6.78. The minimum Gasteiger partial charge on any atom is -0.312 e. The summed E-state index contributed by atoms with van der Waals surface area (Å²) in [7, 11) is 0. The summed E-state index contributed by atoms with van der Waals surface area (Å²) in [6.07, 6.45) is 8.22. The number of nitrogens with zero attached hydrogens (tertiary/aromatic N) is 1. The zero-order chi connectivity index (χ0) is 12.3. The Balaban J connectivity index is 1.98. The molecule has 100 valence electrons. The molecule has 2 nitrogen and oxygen atoms in total. The van der Waals surface area contributed by atoms with E-state index >= 15 is 0 Å². The summed E-state index contributed by atoms with van der Waals surface area (Å²) in [4.78, 5) is 2.76. The Bertz CT molecular complexity index is 231. The lowest BCUT2D eigenvalue weighted by atomic mass is 9.72. The summed E-state index contributed by atoms with van der Waals surface area (Å²) in [5.41, 5.74) is 0.553. The highest BCUT2D eigenvalue weighted by molar-refractivity contribution is 4.95. The van der Waals surface area contributed by atoms with Crippen molar-refractivity contribution in [3.05, 3.63) is 0 Å². The largest absolute Gasteiger partial charge is 0.312 e. The van der Waals surface area contributed by atoms with Gasteiger partial charge in [-0.25, -0.2) is 0 Å². The Morgan fingerprint density at radius 2 is 1.94 bits per heavy atom. The molecule has 2 heteroatoms. The summed E-state index contributed by atoms with van der Waals surface area (Å²) in [5, 5.41) is 3.79. The zero-order valence-corrected chi connectivity index (χ0v) is 12.0. The van der Waals surface area contributed by atoms with Gasteiger partial charge in [0.2, 0.25) is 0 Å². The first-order valence-corrected chi connectivity index (χ1v) is 7.60. The molecule has 0 aromatic rings. The molecule has 17 heavy (non-hydrogen) atoms. The van der Waals surface area contributed by atoms with Crippen molar-refractivity contribution < 1.29 is 0 Å². The van der Waals surface area contributed by atoms with Crippen molar-refractivity contribution in [2.24, 2.45) is 5.41 Å². The first kappa shape index (κ1) is 13.4. The fourth-order valence-electron chi connectivity index (χ4n) is 3.57. The maximum absolute atomic E-state index is 3.79. The van der Waals surface area contributed by atoms with Gasteiger partial charge in [-0.1, -0.05) is 20.8 Å². The summed E-state index contributed by atoms with van der Waals surface area (Å²) in [6.45, 7) is 11.0. The van der Waals surface area contributed by atoms with Crippen LogP contribution in [0.2, 0.25) is 0 Å². The van der Waals surface area contributed by atoms with Crippen molar-refractivity contribution in [3.8, 4) is 0 Å². The van der Waals surface area contributed by atoms with Crippen LogP contribution in [0.25, 0.3) is 0 Å². The fraction of sp³-hybridized carbons (Fsp3) is 1.00. The lowest BCUT2D eigenvalue weighted by Crippen LogP contribution is -2.54. The van der Waals surface area contributed by atoms with E-state index in [9.17, 15) is 0 Å². The summed E-state index contributed by atoms with van der Waals surface area (Å²) in [6, 6.07) is 1.55. The molecule has 0 amide bonds. The first-order valence-electron chi connectivity index (χ1n) is 7.60. The third-order valence-corrected chi connectivity index (χ3v) is 4.62. The molecule has 1 saturated heterocycles. The van der Waals surface area contributed by atoms with E-state index in [1.165, 1.54) is 58.2 Å². The molecule has 2 unspecified atom stereocenters. The van der Waals surface area contributed by atoms with Gasteiger partial charge in [0.15, 0.2) is 0 Å². The smallest absolute Gasteiger partial charge is 0.0254 e. The molecule has 2 fully saturated rings. The highest BCUT2D eigenvalue weighted by Crippen LogP contribution is 2.38. The van der Waals surface area contributed by atoms with E-state index in [1.54, 1.807) is 0 Å². The third-order valence-electron chi connectivity index (χ3n) is 4.62. The molecular weight excluding hydrogens is 208 g/mol. The van der Waals surface area contributed by atoms with Crippen LogP contribution in [0.3, 0.4) is 0 Å². The molecule has 0 bridgehead atoms. The van der Waals surface area contributed by atoms with Gasteiger partial charge in [-0.3, -0.25) is 4.90 Å². The SMILES string of the molecule is CCCNC1CCC(C)(C)CC1N1CCCC1. The van der Waals surface area contributed by atoms with Gasteiger partial charge in [-0.2, -0.15) is 0 Å². The molecule has 0 aromatic carbocycles. The average molecular weight is 238 g/mol. The standard InChI is InChI=1S/C15H30N2/c1-4-9-16-13-7-8-15(2,3)12-14(13)17-10-5-6-11-17/h13-14,16H,4-12H2,1-3H3. The predicted molar refractivity (Wildman–Crippen MR) is 74.3 cm³/mol. The molecule has 0 aromatic heterocycles. The van der Waals surface area contributed by atoms with Crippen LogP contribution in [-0.4, -0.2) is 36.6 Å². The van der Waals surface area contributed by atoms with E-state index in [1.807, 2.05) is 0 Å². The zero-order valence-electron chi connectivity index (χ0n) is 12.0. The summed E-state index contributed by atoms with van der Waals surface area (Å²) >= 11 is 0. The Hall–Kier alpha value is -0.0800. The predicted octanol–water partition coefficient (Wildman–Crippen LogP) is 3.03. The molecule has 2 aliphatic rings. The van der Waals surface area contributed by atoms with Crippen LogP contribution in [-0.2, 0) is 0 Å². The summed E-state index contributed by atoms with van der Waals surface area (Å²) in [5.74, 6) is 0. The molecule has 2 rings (SSSR count). The van der Waals surface area contributed by atoms with Gasteiger partial charge in [0.05, 0.1) is 0 Å². The van der Waals surface area contributed by atoms with E-state index in [0.29, 0.717) is 5.41 Å².